The van der Waals surface area contributed by atoms with Gasteiger partial charge in [-0.1, -0.05) is 23.8 Å². The summed E-state index contributed by atoms with van der Waals surface area (Å²) >= 11 is 0. The highest BCUT2D eigenvalue weighted by Crippen LogP contribution is 2.21. The molecule has 10 nitrogen and oxygen atoms in total. The Balaban J connectivity index is 1.50. The first-order valence-electron chi connectivity index (χ1n) is 10.4. The van der Waals surface area contributed by atoms with Crippen LogP contribution in [-0.4, -0.2) is 56.9 Å². The highest BCUT2D eigenvalue weighted by atomic mass is 32.2. The van der Waals surface area contributed by atoms with Crippen molar-refractivity contribution in [2.24, 2.45) is 9.39 Å². The number of rotatable bonds is 5. The Morgan fingerprint density at radius 3 is 2.64 bits per heavy atom. The molecule has 4 rings (SSSR count). The molecule has 0 bridgehead atoms. The number of amides is 2. The van der Waals surface area contributed by atoms with E-state index in [1.54, 1.807) is 25.2 Å². The Bertz CT molecular complexity index is 1250. The van der Waals surface area contributed by atoms with E-state index in [1.165, 1.54) is 23.2 Å². The Morgan fingerprint density at radius 1 is 1.18 bits per heavy atom. The molecule has 2 aliphatic rings. The van der Waals surface area contributed by atoms with Crippen molar-refractivity contribution in [3.8, 4) is 0 Å². The predicted octanol–water partition coefficient (Wildman–Crippen LogP) is 1.70. The van der Waals surface area contributed by atoms with Crippen LogP contribution in [-0.2, 0) is 19.6 Å². The third kappa shape index (κ3) is 5.03. The number of hydrogen-bond donors (Lipinski definition) is 2. The molecule has 0 spiro atoms. The number of carbonyl (C=O) groups is 2. The lowest BCUT2D eigenvalue weighted by Crippen LogP contribution is -2.54. The van der Waals surface area contributed by atoms with Crippen LogP contribution >= 0.6 is 0 Å². The van der Waals surface area contributed by atoms with Crippen molar-refractivity contribution in [2.75, 3.05) is 30.5 Å². The lowest BCUT2D eigenvalue weighted by molar-refractivity contribution is -0.118. The van der Waals surface area contributed by atoms with Crippen molar-refractivity contribution in [3.63, 3.8) is 0 Å². The molecule has 2 N–H and O–H groups in total. The number of carbonyl (C=O) groups excluding carboxylic acids is 2. The number of amidine groups is 2. The summed E-state index contributed by atoms with van der Waals surface area (Å²) in [6, 6.07) is 13.1. The number of hydrogen-bond acceptors (Lipinski definition) is 6. The molecule has 1 saturated heterocycles. The van der Waals surface area contributed by atoms with E-state index in [-0.39, 0.29) is 28.9 Å². The van der Waals surface area contributed by atoms with Crippen molar-refractivity contribution in [2.45, 2.75) is 24.7 Å². The molecule has 2 amide bonds. The predicted molar refractivity (Wildman–Crippen MR) is 126 cm³/mol. The second-order valence-electron chi connectivity index (χ2n) is 7.83. The van der Waals surface area contributed by atoms with Crippen molar-refractivity contribution in [3.05, 3.63) is 54.1 Å². The van der Waals surface area contributed by atoms with E-state index in [4.69, 9.17) is 0 Å². The lowest BCUT2D eigenvalue weighted by atomic mass is 10.2. The fourth-order valence-electron chi connectivity index (χ4n) is 3.47. The monoisotopic (exact) mass is 468 g/mol. The minimum Gasteiger partial charge on any atom is -0.362 e. The molecule has 0 radical (unpaired) electrons. The third-order valence-corrected chi connectivity index (χ3v) is 6.60. The van der Waals surface area contributed by atoms with Gasteiger partial charge in [0.2, 0.25) is 5.84 Å². The highest BCUT2D eigenvalue weighted by molar-refractivity contribution is 7.90. The van der Waals surface area contributed by atoms with Crippen LogP contribution in [0.2, 0.25) is 0 Å². The zero-order valence-corrected chi connectivity index (χ0v) is 19.1. The molecule has 2 aromatic rings. The first kappa shape index (κ1) is 22.5. The molecular formula is C22H24N6O4S. The van der Waals surface area contributed by atoms with Gasteiger partial charge in [-0.25, -0.2) is 5.01 Å². The van der Waals surface area contributed by atoms with E-state index >= 15 is 0 Å². The van der Waals surface area contributed by atoms with Gasteiger partial charge in [0.15, 0.2) is 0 Å². The van der Waals surface area contributed by atoms with Crippen molar-refractivity contribution in [1.29, 1.82) is 0 Å². The fourth-order valence-corrected chi connectivity index (χ4v) is 4.61. The van der Waals surface area contributed by atoms with Gasteiger partial charge in [0.05, 0.1) is 10.6 Å². The van der Waals surface area contributed by atoms with Gasteiger partial charge < -0.3 is 10.2 Å². The lowest BCUT2D eigenvalue weighted by Gasteiger charge is -2.27. The SMILES string of the molecule is Cc1ccc(N2NC(C(=O)Nc3cccc(S(=O)(=O)/N=C4\CCCN4C)c3)=NCC2=O)cc1. The average molecular weight is 469 g/mol. The van der Waals surface area contributed by atoms with Crippen LogP contribution in [0, 0.1) is 6.92 Å². The molecule has 33 heavy (non-hydrogen) atoms. The summed E-state index contributed by atoms with van der Waals surface area (Å²) in [4.78, 5) is 30.8. The van der Waals surface area contributed by atoms with Gasteiger partial charge in [0.1, 0.15) is 12.4 Å². The van der Waals surface area contributed by atoms with Gasteiger partial charge in [0.25, 0.3) is 21.8 Å². The third-order valence-electron chi connectivity index (χ3n) is 5.30. The van der Waals surface area contributed by atoms with Crippen molar-refractivity contribution >= 4 is 44.9 Å². The van der Waals surface area contributed by atoms with E-state index < -0.39 is 15.9 Å². The fraction of sp³-hybridized carbons (Fsp3) is 0.273. The van der Waals surface area contributed by atoms with Gasteiger partial charge >= 0.3 is 0 Å². The number of aryl methyl sites for hydroxylation is 1. The van der Waals surface area contributed by atoms with Gasteiger partial charge in [-0.3, -0.25) is 20.0 Å². The van der Waals surface area contributed by atoms with Gasteiger partial charge in [-0.2, -0.15) is 8.42 Å². The van der Waals surface area contributed by atoms with Crippen LogP contribution in [0.5, 0.6) is 0 Å². The van der Waals surface area contributed by atoms with E-state index in [0.717, 1.165) is 18.5 Å². The Labute approximate surface area is 192 Å². The number of nitrogens with one attached hydrogen (secondary N) is 2. The zero-order chi connectivity index (χ0) is 23.6. The first-order valence-corrected chi connectivity index (χ1v) is 11.8. The van der Waals surface area contributed by atoms with Gasteiger partial charge in [-0.15, -0.1) is 4.40 Å². The number of nitrogens with zero attached hydrogens (tertiary/aromatic N) is 4. The number of hydrazine groups is 1. The minimum atomic E-state index is -3.92. The molecular weight excluding hydrogens is 444 g/mol. The second kappa shape index (κ2) is 9.02. The standard InChI is InChI=1S/C22H24N6O4S/c1-15-8-10-17(11-9-15)28-20(29)14-23-21(25-28)22(30)24-16-5-3-6-18(13-16)33(31,32)26-19-7-4-12-27(19)2/h3,5-6,8-11,13H,4,7,12,14H2,1-2H3,(H,23,25)(H,24,30)/b26-19+. The maximum Gasteiger partial charge on any atom is 0.292 e. The average Bonchev–Trinajstić information content (AvgIpc) is 3.18. The van der Waals surface area contributed by atoms with Crippen molar-refractivity contribution < 1.29 is 18.0 Å². The van der Waals surface area contributed by atoms with Crippen LogP contribution in [0.25, 0.3) is 0 Å². The maximum atomic E-state index is 12.8. The topological polar surface area (TPSA) is 124 Å². The zero-order valence-electron chi connectivity index (χ0n) is 18.3. The van der Waals surface area contributed by atoms with E-state index in [1.807, 2.05) is 24.0 Å². The van der Waals surface area contributed by atoms with E-state index in [9.17, 15) is 18.0 Å². The number of benzene rings is 2. The van der Waals surface area contributed by atoms with Crippen LogP contribution in [0.4, 0.5) is 11.4 Å². The van der Waals surface area contributed by atoms with Crippen LogP contribution in [0.1, 0.15) is 18.4 Å². The number of likely N-dealkylation sites (tertiary alicyclic amines) is 1. The Morgan fingerprint density at radius 2 is 1.94 bits per heavy atom. The molecule has 0 atom stereocenters. The molecule has 172 valence electrons. The normalized spacial score (nSPS) is 17.7. The largest absolute Gasteiger partial charge is 0.362 e. The highest BCUT2D eigenvalue weighted by Gasteiger charge is 2.26. The van der Waals surface area contributed by atoms with E-state index in [2.05, 4.69) is 20.1 Å². The summed E-state index contributed by atoms with van der Waals surface area (Å²) < 4.78 is 29.4. The molecule has 2 aliphatic heterocycles. The number of aliphatic imine (C=N–C) groups is 1. The molecule has 0 aromatic heterocycles. The summed E-state index contributed by atoms with van der Waals surface area (Å²) in [6.45, 7) is 2.51. The van der Waals surface area contributed by atoms with Crippen LogP contribution in [0.3, 0.4) is 0 Å². The summed E-state index contributed by atoms with van der Waals surface area (Å²) in [7, 11) is -2.11. The summed E-state index contributed by atoms with van der Waals surface area (Å²) in [5, 5.41) is 3.89. The first-order chi connectivity index (χ1) is 15.7. The second-order valence-corrected chi connectivity index (χ2v) is 9.44. The maximum absolute atomic E-state index is 12.8. The van der Waals surface area contributed by atoms with E-state index in [0.29, 0.717) is 17.9 Å². The molecule has 0 unspecified atom stereocenters. The van der Waals surface area contributed by atoms with Crippen molar-refractivity contribution in [1.82, 2.24) is 10.3 Å². The smallest absolute Gasteiger partial charge is 0.292 e. The minimum absolute atomic E-state index is 0.0249. The quantitative estimate of drug-likeness (QED) is 0.688. The summed E-state index contributed by atoms with van der Waals surface area (Å²) in [5.74, 6) is -0.446. The van der Waals surface area contributed by atoms with Crippen LogP contribution < -0.4 is 15.8 Å². The number of sulfonamides is 1. The van der Waals surface area contributed by atoms with Crippen LogP contribution in [0.15, 0.2) is 62.8 Å². The Hall–Kier alpha value is -3.73. The molecule has 2 aromatic carbocycles. The summed E-state index contributed by atoms with van der Waals surface area (Å²) in [6.07, 6.45) is 1.46. The summed E-state index contributed by atoms with van der Waals surface area (Å²) in [5.41, 5.74) is 4.62. The molecule has 0 saturated carbocycles. The molecule has 2 heterocycles. The molecule has 1 fully saturated rings. The van der Waals surface area contributed by atoms with Gasteiger partial charge in [-0.05, 0) is 43.7 Å². The Kier molecular flexibility index (Phi) is 6.14. The molecule has 11 heteroatoms. The van der Waals surface area contributed by atoms with Gasteiger partial charge in [0, 0.05) is 25.7 Å². The molecule has 0 aliphatic carbocycles. The number of anilines is 2.